The van der Waals surface area contributed by atoms with Crippen LogP contribution in [0.15, 0.2) is 23.1 Å². The van der Waals surface area contributed by atoms with Crippen LogP contribution in [0, 0.1) is 5.92 Å². The molecule has 0 N–H and O–H groups in total. The van der Waals surface area contributed by atoms with Gasteiger partial charge in [-0.05, 0) is 49.1 Å². The lowest BCUT2D eigenvalue weighted by Gasteiger charge is -2.29. The molecule has 0 saturated carbocycles. The topological polar surface area (TPSA) is 46.6 Å². The largest absolute Gasteiger partial charge is 0.381 e. The fourth-order valence-electron chi connectivity index (χ4n) is 3.02. The minimum absolute atomic E-state index is 0.446. The molecule has 1 saturated heterocycles. The second-order valence-electron chi connectivity index (χ2n) is 6.24. The van der Waals surface area contributed by atoms with E-state index in [0.717, 1.165) is 51.6 Å². The molecular formula is C16H23NO3S. The molecule has 0 aromatic heterocycles. The maximum Gasteiger partial charge on any atom is 0.175 e. The van der Waals surface area contributed by atoms with Crippen molar-refractivity contribution in [2.45, 2.75) is 24.2 Å². The highest BCUT2D eigenvalue weighted by Gasteiger charge is 2.21. The zero-order valence-electron chi connectivity index (χ0n) is 12.5. The molecule has 0 atom stereocenters. The third-order valence-electron chi connectivity index (χ3n) is 4.56. The number of fused-ring (bicyclic) bond motifs is 1. The van der Waals surface area contributed by atoms with Gasteiger partial charge in [-0.15, -0.1) is 0 Å². The first-order valence-corrected chi connectivity index (χ1v) is 9.53. The number of ether oxygens (including phenoxy) is 1. The highest BCUT2D eigenvalue weighted by molar-refractivity contribution is 7.90. The standard InChI is InChI=1S/C16H23NO3S/c1-21(18,19)16-3-2-14-5-8-17(9-6-15(14)10-16)7-4-13-11-20-12-13/h2-3,10,13H,4-9,11-12H2,1H3. The molecule has 5 heteroatoms. The lowest BCUT2D eigenvalue weighted by atomic mass is 10.0. The van der Waals surface area contributed by atoms with Gasteiger partial charge in [0.2, 0.25) is 0 Å². The van der Waals surface area contributed by atoms with E-state index in [-0.39, 0.29) is 0 Å². The van der Waals surface area contributed by atoms with Crippen LogP contribution in [0.1, 0.15) is 17.5 Å². The summed E-state index contributed by atoms with van der Waals surface area (Å²) >= 11 is 0. The third kappa shape index (κ3) is 3.65. The van der Waals surface area contributed by atoms with E-state index in [0.29, 0.717) is 4.90 Å². The Bertz CT molecular complexity index is 608. The van der Waals surface area contributed by atoms with Crippen LogP contribution in [-0.2, 0) is 27.4 Å². The van der Waals surface area contributed by atoms with E-state index in [1.54, 1.807) is 6.07 Å². The molecular weight excluding hydrogens is 286 g/mol. The lowest BCUT2D eigenvalue weighted by molar-refractivity contribution is -0.0388. The molecule has 0 radical (unpaired) electrons. The predicted octanol–water partition coefficient (Wildman–Crippen LogP) is 1.53. The van der Waals surface area contributed by atoms with Crippen molar-refractivity contribution in [3.8, 4) is 0 Å². The number of nitrogens with zero attached hydrogens (tertiary/aromatic N) is 1. The van der Waals surface area contributed by atoms with Gasteiger partial charge < -0.3 is 9.64 Å². The van der Waals surface area contributed by atoms with E-state index in [1.165, 1.54) is 23.8 Å². The second-order valence-corrected chi connectivity index (χ2v) is 8.25. The summed E-state index contributed by atoms with van der Waals surface area (Å²) < 4.78 is 28.5. The maximum atomic E-state index is 11.7. The minimum atomic E-state index is -3.11. The summed E-state index contributed by atoms with van der Waals surface area (Å²) in [4.78, 5) is 2.94. The summed E-state index contributed by atoms with van der Waals surface area (Å²) in [5.41, 5.74) is 2.50. The molecule has 2 aliphatic heterocycles. The van der Waals surface area contributed by atoms with Crippen LogP contribution >= 0.6 is 0 Å². The van der Waals surface area contributed by atoms with Crippen molar-refractivity contribution in [1.29, 1.82) is 0 Å². The van der Waals surface area contributed by atoms with Crippen molar-refractivity contribution in [3.05, 3.63) is 29.3 Å². The third-order valence-corrected chi connectivity index (χ3v) is 5.67. The first-order valence-electron chi connectivity index (χ1n) is 7.64. The Labute approximate surface area is 127 Å². The quantitative estimate of drug-likeness (QED) is 0.846. The molecule has 0 amide bonds. The molecule has 1 aromatic carbocycles. The molecule has 1 aromatic rings. The first kappa shape index (κ1) is 15.0. The average molecular weight is 309 g/mol. The Kier molecular flexibility index (Phi) is 4.33. The van der Waals surface area contributed by atoms with Gasteiger partial charge in [0, 0.05) is 25.3 Å². The molecule has 0 unspecified atom stereocenters. The first-order chi connectivity index (χ1) is 10.0. The molecule has 0 spiro atoms. The van der Waals surface area contributed by atoms with E-state index in [9.17, 15) is 8.42 Å². The highest BCUT2D eigenvalue weighted by Crippen LogP contribution is 2.21. The number of rotatable bonds is 4. The SMILES string of the molecule is CS(=O)(=O)c1ccc2c(c1)CCN(CCC1COC1)CC2. The van der Waals surface area contributed by atoms with Gasteiger partial charge in [0.1, 0.15) is 0 Å². The van der Waals surface area contributed by atoms with Gasteiger partial charge in [-0.1, -0.05) is 6.07 Å². The zero-order chi connectivity index (χ0) is 14.9. The van der Waals surface area contributed by atoms with E-state index in [2.05, 4.69) is 4.90 Å². The number of benzene rings is 1. The molecule has 116 valence electrons. The van der Waals surface area contributed by atoms with Crippen LogP contribution in [0.25, 0.3) is 0 Å². The van der Waals surface area contributed by atoms with E-state index in [4.69, 9.17) is 4.74 Å². The normalized spacial score (nSPS) is 20.6. The van der Waals surface area contributed by atoms with E-state index >= 15 is 0 Å². The van der Waals surface area contributed by atoms with Gasteiger partial charge in [0.25, 0.3) is 0 Å². The van der Waals surface area contributed by atoms with Crippen molar-refractivity contribution in [1.82, 2.24) is 4.90 Å². The van der Waals surface area contributed by atoms with Gasteiger partial charge in [-0.25, -0.2) is 8.42 Å². The smallest absolute Gasteiger partial charge is 0.175 e. The molecule has 3 rings (SSSR count). The van der Waals surface area contributed by atoms with Crippen LogP contribution < -0.4 is 0 Å². The van der Waals surface area contributed by atoms with Crippen LogP contribution in [0.4, 0.5) is 0 Å². The Balaban J connectivity index is 1.64. The van der Waals surface area contributed by atoms with Crippen LogP contribution in [0.2, 0.25) is 0 Å². The number of sulfone groups is 1. The Morgan fingerprint density at radius 1 is 1.19 bits per heavy atom. The summed E-state index contributed by atoms with van der Waals surface area (Å²) in [6, 6.07) is 5.61. The van der Waals surface area contributed by atoms with Crippen molar-refractivity contribution >= 4 is 9.84 Å². The Morgan fingerprint density at radius 3 is 2.52 bits per heavy atom. The number of hydrogen-bond donors (Lipinski definition) is 0. The zero-order valence-corrected chi connectivity index (χ0v) is 13.4. The fraction of sp³-hybridized carbons (Fsp3) is 0.625. The van der Waals surface area contributed by atoms with Gasteiger partial charge in [0.15, 0.2) is 9.84 Å². The molecule has 4 nitrogen and oxygen atoms in total. The van der Waals surface area contributed by atoms with E-state index in [1.807, 2.05) is 12.1 Å². The van der Waals surface area contributed by atoms with Gasteiger partial charge in [-0.3, -0.25) is 0 Å². The minimum Gasteiger partial charge on any atom is -0.381 e. The van der Waals surface area contributed by atoms with Crippen molar-refractivity contribution in [3.63, 3.8) is 0 Å². The van der Waals surface area contributed by atoms with Crippen molar-refractivity contribution in [2.75, 3.05) is 39.1 Å². The van der Waals surface area contributed by atoms with E-state index < -0.39 is 9.84 Å². The van der Waals surface area contributed by atoms with Crippen molar-refractivity contribution in [2.24, 2.45) is 5.92 Å². The Hall–Kier alpha value is -0.910. The molecule has 0 aliphatic carbocycles. The predicted molar refractivity (Wildman–Crippen MR) is 82.3 cm³/mol. The second kappa shape index (κ2) is 6.07. The molecule has 1 fully saturated rings. The molecule has 21 heavy (non-hydrogen) atoms. The number of hydrogen-bond acceptors (Lipinski definition) is 4. The van der Waals surface area contributed by atoms with Gasteiger partial charge >= 0.3 is 0 Å². The summed E-state index contributed by atoms with van der Waals surface area (Å²) in [6.07, 6.45) is 4.45. The molecule has 2 heterocycles. The summed E-state index contributed by atoms with van der Waals surface area (Å²) in [5.74, 6) is 0.743. The Morgan fingerprint density at radius 2 is 1.90 bits per heavy atom. The average Bonchev–Trinajstić information content (AvgIpc) is 2.58. The summed E-state index contributed by atoms with van der Waals surface area (Å²) in [6.45, 7) is 5.06. The van der Waals surface area contributed by atoms with Crippen molar-refractivity contribution < 1.29 is 13.2 Å². The highest BCUT2D eigenvalue weighted by atomic mass is 32.2. The van der Waals surface area contributed by atoms with Gasteiger partial charge in [0.05, 0.1) is 18.1 Å². The lowest BCUT2D eigenvalue weighted by Crippen LogP contribution is -2.34. The summed E-state index contributed by atoms with van der Waals surface area (Å²) in [7, 11) is -3.11. The van der Waals surface area contributed by atoms with Crippen LogP contribution in [0.5, 0.6) is 0 Å². The maximum absolute atomic E-state index is 11.7. The van der Waals surface area contributed by atoms with Gasteiger partial charge in [-0.2, -0.15) is 0 Å². The van der Waals surface area contributed by atoms with Crippen LogP contribution in [0.3, 0.4) is 0 Å². The molecule has 0 bridgehead atoms. The fourth-order valence-corrected chi connectivity index (χ4v) is 3.69. The molecule has 2 aliphatic rings. The summed E-state index contributed by atoms with van der Waals surface area (Å²) in [5, 5.41) is 0. The van der Waals surface area contributed by atoms with Crippen LogP contribution in [-0.4, -0.2) is 52.4 Å². The monoisotopic (exact) mass is 309 g/mol.